The molecule has 0 radical (unpaired) electrons. The van der Waals surface area contributed by atoms with E-state index in [1.807, 2.05) is 0 Å². The quantitative estimate of drug-likeness (QED) is 0.339. The Balaban J connectivity index is 3.97. The van der Waals surface area contributed by atoms with Crippen molar-refractivity contribution in [3.8, 4) is 18.0 Å². The van der Waals surface area contributed by atoms with Gasteiger partial charge in [0.15, 0.2) is 0 Å². The van der Waals surface area contributed by atoms with E-state index in [9.17, 15) is 92.2 Å². The minimum Gasteiger partial charge on any atom is -0.410 e. The van der Waals surface area contributed by atoms with E-state index >= 15 is 0 Å². The van der Waals surface area contributed by atoms with Gasteiger partial charge in [0.25, 0.3) is 0 Å². The summed E-state index contributed by atoms with van der Waals surface area (Å²) in [6, 6.07) is -10.2. The normalized spacial score (nSPS) is 15.3. The van der Waals surface area contributed by atoms with E-state index < -0.39 is 72.7 Å². The number of ether oxygens (including phenoxy) is 3. The predicted octanol–water partition coefficient (Wildman–Crippen LogP) is 6.38. The Kier molecular flexibility index (Phi) is 8.06. The van der Waals surface area contributed by atoms with Gasteiger partial charge in [-0.05, 0) is 0 Å². The lowest BCUT2D eigenvalue weighted by Crippen LogP contribution is -2.59. The molecule has 1 aromatic rings. The molecule has 27 heteroatoms. The van der Waals surface area contributed by atoms with Gasteiger partial charge >= 0.3 is 72.7 Å². The summed E-state index contributed by atoms with van der Waals surface area (Å²) < 4.78 is 275. The highest BCUT2D eigenvalue weighted by Crippen LogP contribution is 2.50. The maximum atomic E-state index is 13.7. The summed E-state index contributed by atoms with van der Waals surface area (Å²) in [5.41, 5.74) is 0. The third kappa shape index (κ3) is 6.24. The van der Waals surface area contributed by atoms with Crippen LogP contribution in [0.15, 0.2) is 0 Å². The number of aromatic nitrogens is 3. The maximum Gasteiger partial charge on any atom is 0.470 e. The average molecular weight is 633 g/mol. The van der Waals surface area contributed by atoms with E-state index in [4.69, 9.17) is 0 Å². The van der Waals surface area contributed by atoms with Crippen molar-refractivity contribution in [2.45, 2.75) is 54.6 Å². The minimum absolute atomic E-state index is 1.60. The molecule has 228 valence electrons. The molecule has 39 heavy (non-hydrogen) atoms. The molecular weight excluding hydrogens is 633 g/mol. The summed E-state index contributed by atoms with van der Waals surface area (Å²) >= 11 is 0. The molecule has 0 aliphatic rings. The van der Waals surface area contributed by atoms with Gasteiger partial charge in [0, 0.05) is 0 Å². The van der Waals surface area contributed by atoms with Gasteiger partial charge in [-0.15, -0.1) is 15.0 Å². The van der Waals surface area contributed by atoms with Crippen LogP contribution in [0.1, 0.15) is 0 Å². The Morgan fingerprint density at radius 1 is 0.282 bits per heavy atom. The summed E-state index contributed by atoms with van der Waals surface area (Å²) in [6.45, 7) is 0. The van der Waals surface area contributed by atoms with Crippen LogP contribution in [-0.2, 0) is 0 Å². The molecule has 0 amide bonds. The van der Waals surface area contributed by atoms with Crippen molar-refractivity contribution in [2.24, 2.45) is 0 Å². The molecule has 0 N–H and O–H groups in total. The molecule has 1 aromatic heterocycles. The molecule has 6 nitrogen and oxygen atoms in total. The van der Waals surface area contributed by atoms with E-state index in [-0.39, 0.29) is 0 Å². The van der Waals surface area contributed by atoms with Gasteiger partial charge in [-0.1, -0.05) is 0 Å². The summed E-state index contributed by atoms with van der Waals surface area (Å²) in [6.07, 6.45) is -44.2. The van der Waals surface area contributed by atoms with Crippen molar-refractivity contribution in [1.29, 1.82) is 0 Å². The van der Waals surface area contributed by atoms with Crippen LogP contribution in [0.4, 0.5) is 92.2 Å². The lowest BCUT2D eigenvalue weighted by atomic mass is 10.3. The number of hydrogen-bond acceptors (Lipinski definition) is 6. The van der Waals surface area contributed by atoms with Gasteiger partial charge in [0.05, 0.1) is 0 Å². The van der Waals surface area contributed by atoms with E-state index in [2.05, 4.69) is 14.2 Å². The van der Waals surface area contributed by atoms with Crippen LogP contribution >= 0.6 is 0 Å². The van der Waals surface area contributed by atoms with Crippen molar-refractivity contribution in [2.75, 3.05) is 0 Å². The molecule has 0 saturated carbocycles. The van der Waals surface area contributed by atoms with Crippen LogP contribution in [-0.4, -0.2) is 69.6 Å². The third-order valence-corrected chi connectivity index (χ3v) is 3.46. The number of rotatable bonds is 6. The molecule has 0 saturated heterocycles. The molecule has 1 heterocycles. The zero-order chi connectivity index (χ0) is 31.5. The largest absolute Gasteiger partial charge is 0.470 e. The van der Waals surface area contributed by atoms with Gasteiger partial charge in [-0.25, -0.2) is 0 Å². The highest BCUT2D eigenvalue weighted by Gasteiger charge is 2.79. The predicted molar refractivity (Wildman–Crippen MR) is 69.6 cm³/mol. The second kappa shape index (κ2) is 9.26. The molecule has 0 aliphatic heterocycles. The second-order valence-electron chi connectivity index (χ2n) is 6.26. The van der Waals surface area contributed by atoms with Gasteiger partial charge in [0.2, 0.25) is 0 Å². The van der Waals surface area contributed by atoms with Gasteiger partial charge in [-0.2, -0.15) is 92.2 Å². The third-order valence-electron chi connectivity index (χ3n) is 3.46. The Labute approximate surface area is 195 Å². The zero-order valence-corrected chi connectivity index (χ0v) is 16.5. The summed E-state index contributed by atoms with van der Waals surface area (Å²) in [5.74, 6) is -21.5. The van der Waals surface area contributed by atoms with E-state index in [1.54, 1.807) is 15.0 Å². The lowest BCUT2D eigenvalue weighted by molar-refractivity contribution is -0.410. The van der Waals surface area contributed by atoms with Crippen LogP contribution in [0.3, 0.4) is 0 Å². The summed E-state index contributed by atoms with van der Waals surface area (Å²) in [5, 5.41) is 0. The van der Waals surface area contributed by atoms with Crippen molar-refractivity contribution < 1.29 is 106 Å². The van der Waals surface area contributed by atoms with Gasteiger partial charge < -0.3 is 14.2 Å². The molecule has 0 fully saturated rings. The summed E-state index contributed by atoms with van der Waals surface area (Å²) in [7, 11) is 0. The van der Waals surface area contributed by atoms with E-state index in [0.717, 1.165) is 0 Å². The Bertz CT molecular complexity index is 836. The maximum absolute atomic E-state index is 13.7. The molecule has 0 atom stereocenters. The fraction of sp³-hybridized carbons (Fsp3) is 0.750. The van der Waals surface area contributed by atoms with Crippen LogP contribution in [0.5, 0.6) is 18.0 Å². The van der Waals surface area contributed by atoms with Crippen molar-refractivity contribution >= 4 is 0 Å². The first kappa shape index (κ1) is 34.0. The molecule has 0 bridgehead atoms. The Morgan fingerprint density at radius 3 is 0.513 bits per heavy atom. The minimum atomic E-state index is -7.37. The van der Waals surface area contributed by atoms with Crippen LogP contribution in [0.2, 0.25) is 0 Å². The van der Waals surface area contributed by atoms with E-state index in [1.165, 1.54) is 0 Å². The highest BCUT2D eigenvalue weighted by atomic mass is 19.5. The number of nitrogens with zero attached hydrogens (tertiary/aromatic N) is 3. The molecular formula is C12F21N3O3. The summed E-state index contributed by atoms with van der Waals surface area (Å²) in [4.78, 5) is 4.80. The monoisotopic (exact) mass is 633 g/mol. The zero-order valence-electron chi connectivity index (χ0n) is 16.5. The molecule has 1 rings (SSSR count). The highest BCUT2D eigenvalue weighted by molar-refractivity contribution is 5.13. The average Bonchev–Trinajstić information content (AvgIpc) is 2.62. The van der Waals surface area contributed by atoms with Gasteiger partial charge in [-0.3, -0.25) is 0 Å². The first-order chi connectivity index (χ1) is 16.7. The number of hydrogen-bond donors (Lipinski definition) is 0. The lowest BCUT2D eigenvalue weighted by Gasteiger charge is -2.31. The van der Waals surface area contributed by atoms with Gasteiger partial charge in [0.1, 0.15) is 0 Å². The van der Waals surface area contributed by atoms with Crippen molar-refractivity contribution in [3.05, 3.63) is 0 Å². The fourth-order valence-electron chi connectivity index (χ4n) is 1.66. The van der Waals surface area contributed by atoms with Crippen molar-refractivity contribution in [3.63, 3.8) is 0 Å². The topological polar surface area (TPSA) is 66.4 Å². The fourth-order valence-corrected chi connectivity index (χ4v) is 1.66. The van der Waals surface area contributed by atoms with Crippen molar-refractivity contribution in [1.82, 2.24) is 15.0 Å². The Hall–Kier alpha value is -3.06. The van der Waals surface area contributed by atoms with Crippen LogP contribution in [0, 0.1) is 0 Å². The molecule has 0 aromatic carbocycles. The second-order valence-corrected chi connectivity index (χ2v) is 6.26. The first-order valence-electron chi connectivity index (χ1n) is 8.04. The van der Waals surface area contributed by atoms with Crippen LogP contribution < -0.4 is 14.2 Å². The van der Waals surface area contributed by atoms with E-state index in [0.29, 0.717) is 0 Å². The first-order valence-corrected chi connectivity index (χ1v) is 8.04. The smallest absolute Gasteiger partial charge is 0.410 e. The Morgan fingerprint density at radius 2 is 0.410 bits per heavy atom. The molecule has 0 aliphatic carbocycles. The standard InChI is InChI=1S/C12F21N3O3/c13-4(7(16,17)18,8(19,20)21)37-1-34-2(38-5(14,9(22,23)24)10(25,26)27)36-3(35-1)39-6(15,11(28,29)30)12(31,32)33. The molecule has 0 spiro atoms. The number of halogens is 21. The molecule has 0 unspecified atom stereocenters. The SMILES string of the molecule is FC(F)(F)C(F)(Oc1nc(OC(F)(C(F)(F)F)C(F)(F)F)nc(OC(F)(C(F)(F)F)C(F)(F)F)n1)C(F)(F)F. The van der Waals surface area contributed by atoms with Crippen LogP contribution in [0.25, 0.3) is 0 Å². The number of alkyl halides is 21.